The van der Waals surface area contributed by atoms with E-state index >= 15 is 0 Å². The highest BCUT2D eigenvalue weighted by molar-refractivity contribution is 6.08. The Hall–Kier alpha value is -3.28. The molecule has 6 nitrogen and oxygen atoms in total. The van der Waals surface area contributed by atoms with Crippen molar-refractivity contribution in [3.8, 4) is 22.9 Å². The van der Waals surface area contributed by atoms with Gasteiger partial charge in [-0.2, -0.15) is 0 Å². The molecule has 0 spiro atoms. The fraction of sp³-hybridized carbons (Fsp3) is 0.0588. The first-order valence-corrected chi connectivity index (χ1v) is 7.06. The van der Waals surface area contributed by atoms with Crippen molar-refractivity contribution < 1.29 is 9.84 Å². The smallest absolute Gasteiger partial charge is 0.199 e. The summed E-state index contributed by atoms with van der Waals surface area (Å²) in [6.07, 6.45) is 0. The summed E-state index contributed by atoms with van der Waals surface area (Å²) < 4.78 is 5.33. The van der Waals surface area contributed by atoms with Crippen LogP contribution in [0.3, 0.4) is 0 Å². The van der Waals surface area contributed by atoms with Crippen LogP contribution in [0.25, 0.3) is 33.1 Å². The van der Waals surface area contributed by atoms with Crippen molar-refractivity contribution in [2.24, 2.45) is 5.18 Å². The molecule has 0 atom stereocenters. The topological polar surface area (TPSA) is 90.5 Å². The molecule has 0 radical (unpaired) electrons. The zero-order valence-corrected chi connectivity index (χ0v) is 12.3. The minimum Gasteiger partial charge on any atom is -0.495 e. The average Bonchev–Trinajstić information content (AvgIpc) is 3.10. The molecule has 2 heterocycles. The molecular formula is C17H13N3O3. The Morgan fingerprint density at radius 2 is 1.83 bits per heavy atom. The van der Waals surface area contributed by atoms with E-state index in [0.29, 0.717) is 27.9 Å². The lowest BCUT2D eigenvalue weighted by Gasteiger charge is -2.00. The normalized spacial score (nSPS) is 11.2. The number of para-hydroxylation sites is 2. The molecule has 6 heteroatoms. The Morgan fingerprint density at radius 3 is 2.61 bits per heavy atom. The van der Waals surface area contributed by atoms with Gasteiger partial charge in [0, 0.05) is 16.3 Å². The van der Waals surface area contributed by atoms with E-state index in [2.05, 4.69) is 15.1 Å². The monoisotopic (exact) mass is 307 g/mol. The summed E-state index contributed by atoms with van der Waals surface area (Å²) in [6.45, 7) is 0. The third-order valence-electron chi connectivity index (χ3n) is 4.02. The van der Waals surface area contributed by atoms with Crippen LogP contribution in [-0.4, -0.2) is 22.2 Å². The molecule has 2 aromatic heterocycles. The van der Waals surface area contributed by atoms with E-state index in [-0.39, 0.29) is 11.6 Å². The Bertz CT molecular complexity index is 1050. The number of rotatable bonds is 3. The minimum absolute atomic E-state index is 0.0124. The molecule has 4 aromatic rings. The predicted octanol–water partition coefficient (Wildman–Crippen LogP) is 4.43. The van der Waals surface area contributed by atoms with Crippen LogP contribution in [0.15, 0.2) is 47.6 Å². The molecule has 0 aliphatic rings. The van der Waals surface area contributed by atoms with E-state index in [4.69, 9.17) is 4.74 Å². The molecule has 0 bridgehead atoms. The Balaban J connectivity index is 2.12. The Labute approximate surface area is 130 Å². The van der Waals surface area contributed by atoms with E-state index in [1.54, 1.807) is 25.3 Å². The Morgan fingerprint density at radius 1 is 1.04 bits per heavy atom. The van der Waals surface area contributed by atoms with Crippen LogP contribution in [-0.2, 0) is 0 Å². The number of hydrogen-bond donors (Lipinski definition) is 3. The summed E-state index contributed by atoms with van der Waals surface area (Å²) in [6, 6.07) is 12.9. The van der Waals surface area contributed by atoms with Gasteiger partial charge in [-0.3, -0.25) is 0 Å². The van der Waals surface area contributed by atoms with Crippen LogP contribution < -0.4 is 4.74 Å². The van der Waals surface area contributed by atoms with Crippen molar-refractivity contribution >= 4 is 27.5 Å². The van der Waals surface area contributed by atoms with Gasteiger partial charge in [0.2, 0.25) is 0 Å². The number of methoxy groups -OCH3 is 1. The predicted molar refractivity (Wildman–Crippen MR) is 89.3 cm³/mol. The van der Waals surface area contributed by atoms with Gasteiger partial charge in [0.25, 0.3) is 0 Å². The largest absolute Gasteiger partial charge is 0.495 e. The van der Waals surface area contributed by atoms with Gasteiger partial charge in [-0.25, -0.2) is 0 Å². The molecule has 23 heavy (non-hydrogen) atoms. The van der Waals surface area contributed by atoms with Gasteiger partial charge in [-0.05, 0) is 17.3 Å². The molecule has 114 valence electrons. The highest BCUT2D eigenvalue weighted by Crippen LogP contribution is 2.45. The maximum atomic E-state index is 11.4. The molecule has 2 aromatic carbocycles. The van der Waals surface area contributed by atoms with Crippen LogP contribution in [0.1, 0.15) is 0 Å². The number of nitroso groups, excluding NO2 is 1. The standard InChI is InChI=1S/C17H13N3O3/c1-23-12-8-4-6-10-14(12)19-16(15(10)20-22)13-9-5-2-3-7-11(9)18-17(13)21/h2-8,18-19,21H,1H3. The number of nitrogens with one attached hydrogen (secondary N) is 2. The number of benzene rings is 2. The molecule has 0 saturated carbocycles. The fourth-order valence-electron chi connectivity index (χ4n) is 3.00. The summed E-state index contributed by atoms with van der Waals surface area (Å²) in [5.41, 5.74) is 2.69. The summed E-state index contributed by atoms with van der Waals surface area (Å²) in [5, 5.41) is 14.9. The minimum atomic E-state index is -0.0124. The number of hydrogen-bond acceptors (Lipinski definition) is 4. The van der Waals surface area contributed by atoms with Crippen molar-refractivity contribution in [3.63, 3.8) is 0 Å². The van der Waals surface area contributed by atoms with Gasteiger partial charge < -0.3 is 19.8 Å². The van der Waals surface area contributed by atoms with Gasteiger partial charge in [0.1, 0.15) is 11.4 Å². The maximum absolute atomic E-state index is 11.4. The number of fused-ring (bicyclic) bond motifs is 2. The summed E-state index contributed by atoms with van der Waals surface area (Å²) in [7, 11) is 1.56. The lowest BCUT2D eigenvalue weighted by Crippen LogP contribution is -1.83. The number of aromatic hydroxyl groups is 1. The SMILES string of the molecule is COc1cccc2c(N=O)c(-c3c(O)[nH]c4ccccc34)[nH]c12. The van der Waals surface area contributed by atoms with Crippen molar-refractivity contribution in [2.45, 2.75) is 0 Å². The number of aromatic amines is 2. The van der Waals surface area contributed by atoms with E-state index < -0.39 is 0 Å². The quantitative estimate of drug-likeness (QED) is 0.489. The second-order valence-corrected chi connectivity index (χ2v) is 5.22. The molecule has 0 amide bonds. The lowest BCUT2D eigenvalue weighted by atomic mass is 10.1. The van der Waals surface area contributed by atoms with E-state index in [1.165, 1.54) is 0 Å². The first-order valence-electron chi connectivity index (χ1n) is 7.06. The first-order chi connectivity index (χ1) is 11.2. The van der Waals surface area contributed by atoms with Crippen LogP contribution in [0.4, 0.5) is 5.69 Å². The van der Waals surface area contributed by atoms with Crippen molar-refractivity contribution in [2.75, 3.05) is 7.11 Å². The van der Waals surface area contributed by atoms with Crippen LogP contribution in [0, 0.1) is 4.91 Å². The summed E-state index contributed by atoms with van der Waals surface area (Å²) in [5.74, 6) is 0.597. The number of aromatic nitrogens is 2. The number of nitrogens with zero attached hydrogens (tertiary/aromatic N) is 1. The highest BCUT2D eigenvalue weighted by atomic mass is 16.5. The van der Waals surface area contributed by atoms with E-state index in [9.17, 15) is 10.0 Å². The van der Waals surface area contributed by atoms with Crippen molar-refractivity contribution in [1.82, 2.24) is 9.97 Å². The molecule has 0 fully saturated rings. The van der Waals surface area contributed by atoms with Crippen molar-refractivity contribution in [3.05, 3.63) is 47.4 Å². The molecule has 0 unspecified atom stereocenters. The van der Waals surface area contributed by atoms with E-state index in [1.807, 2.05) is 24.3 Å². The third kappa shape index (κ3) is 1.81. The second-order valence-electron chi connectivity index (χ2n) is 5.22. The first kappa shape index (κ1) is 13.4. The molecule has 0 aliphatic carbocycles. The Kier molecular flexibility index (Phi) is 2.84. The fourth-order valence-corrected chi connectivity index (χ4v) is 3.00. The molecule has 4 rings (SSSR count). The maximum Gasteiger partial charge on any atom is 0.199 e. The molecule has 0 saturated heterocycles. The zero-order chi connectivity index (χ0) is 16.0. The van der Waals surface area contributed by atoms with Crippen LogP contribution in [0.5, 0.6) is 11.6 Å². The highest BCUT2D eigenvalue weighted by Gasteiger charge is 2.22. The van der Waals surface area contributed by atoms with E-state index in [0.717, 1.165) is 10.9 Å². The van der Waals surface area contributed by atoms with Gasteiger partial charge in [0.15, 0.2) is 5.88 Å². The van der Waals surface area contributed by atoms with Gasteiger partial charge in [-0.15, -0.1) is 4.91 Å². The lowest BCUT2D eigenvalue weighted by molar-refractivity contribution is 0.419. The van der Waals surface area contributed by atoms with Gasteiger partial charge in [0.05, 0.1) is 23.9 Å². The average molecular weight is 307 g/mol. The molecular weight excluding hydrogens is 294 g/mol. The number of H-pyrrole nitrogens is 2. The van der Waals surface area contributed by atoms with Crippen molar-refractivity contribution in [1.29, 1.82) is 0 Å². The van der Waals surface area contributed by atoms with Crippen LogP contribution >= 0.6 is 0 Å². The zero-order valence-electron chi connectivity index (χ0n) is 12.3. The molecule has 0 aliphatic heterocycles. The number of ether oxygens (including phenoxy) is 1. The molecule has 3 N–H and O–H groups in total. The second kappa shape index (κ2) is 4.88. The third-order valence-corrected chi connectivity index (χ3v) is 4.02. The summed E-state index contributed by atoms with van der Waals surface area (Å²) in [4.78, 5) is 17.5. The van der Waals surface area contributed by atoms with Gasteiger partial charge in [-0.1, -0.05) is 30.3 Å². The summed E-state index contributed by atoms with van der Waals surface area (Å²) >= 11 is 0. The van der Waals surface area contributed by atoms with Crippen LogP contribution in [0.2, 0.25) is 0 Å². The van der Waals surface area contributed by atoms with Gasteiger partial charge >= 0.3 is 0 Å².